The van der Waals surface area contributed by atoms with E-state index in [1.807, 2.05) is 25.1 Å². The summed E-state index contributed by atoms with van der Waals surface area (Å²) in [4.78, 5) is 20.1. The second-order valence-corrected chi connectivity index (χ2v) is 7.50. The van der Waals surface area contributed by atoms with Gasteiger partial charge in [0.15, 0.2) is 17.3 Å². The van der Waals surface area contributed by atoms with E-state index in [0.29, 0.717) is 56.6 Å². The number of likely N-dealkylation sites (N-methyl/N-ethyl adjacent to an activating group) is 1. The predicted octanol–water partition coefficient (Wildman–Crippen LogP) is 4.06. The predicted molar refractivity (Wildman–Crippen MR) is 113 cm³/mol. The quantitative estimate of drug-likeness (QED) is 0.476. The zero-order valence-electron chi connectivity index (χ0n) is 16.7. The van der Waals surface area contributed by atoms with Crippen LogP contribution in [0.15, 0.2) is 30.3 Å². The van der Waals surface area contributed by atoms with Crippen LogP contribution in [0.25, 0.3) is 22.0 Å². The second kappa shape index (κ2) is 7.54. The normalized spacial score (nSPS) is 12.3. The zero-order valence-corrected chi connectivity index (χ0v) is 17.5. The largest absolute Gasteiger partial charge is 0.493 e. The lowest BCUT2D eigenvalue weighted by atomic mass is 10.0. The lowest BCUT2D eigenvalue weighted by Crippen LogP contribution is -2.20. The number of hydrogen-bond acceptors (Lipinski definition) is 6. The number of pyridine rings is 1. The maximum absolute atomic E-state index is 13.3. The van der Waals surface area contributed by atoms with Crippen molar-refractivity contribution in [1.29, 1.82) is 0 Å². The van der Waals surface area contributed by atoms with E-state index in [1.54, 1.807) is 38.5 Å². The molecule has 1 aliphatic rings. The third-order valence-corrected chi connectivity index (χ3v) is 5.19. The van der Waals surface area contributed by atoms with Gasteiger partial charge >= 0.3 is 0 Å². The fourth-order valence-electron chi connectivity index (χ4n) is 3.54. The van der Waals surface area contributed by atoms with Gasteiger partial charge in [0.05, 0.1) is 25.3 Å². The van der Waals surface area contributed by atoms with Crippen LogP contribution >= 0.6 is 11.6 Å². The Bertz CT molecular complexity index is 1130. The highest BCUT2D eigenvalue weighted by molar-refractivity contribution is 6.33. The molecule has 0 saturated carbocycles. The Balaban J connectivity index is 1.98. The van der Waals surface area contributed by atoms with Crippen LogP contribution in [0.2, 0.25) is 5.02 Å². The van der Waals surface area contributed by atoms with Gasteiger partial charge in [-0.2, -0.15) is 0 Å². The van der Waals surface area contributed by atoms with Crippen molar-refractivity contribution in [2.24, 2.45) is 0 Å². The van der Waals surface area contributed by atoms with E-state index in [-0.39, 0.29) is 5.78 Å². The molecule has 0 amide bonds. The first-order valence-corrected chi connectivity index (χ1v) is 9.54. The van der Waals surface area contributed by atoms with Gasteiger partial charge in [0.25, 0.3) is 0 Å². The summed E-state index contributed by atoms with van der Waals surface area (Å²) in [7, 11) is 7.07. The Morgan fingerprint density at radius 2 is 1.72 bits per heavy atom. The Kier molecular flexibility index (Phi) is 5.06. The molecule has 150 valence electrons. The molecule has 7 heteroatoms. The third kappa shape index (κ3) is 3.28. The van der Waals surface area contributed by atoms with Crippen molar-refractivity contribution in [2.45, 2.75) is 0 Å². The number of benzene rings is 2. The Morgan fingerprint density at radius 3 is 2.41 bits per heavy atom. The van der Waals surface area contributed by atoms with Crippen molar-refractivity contribution in [3.63, 3.8) is 0 Å². The summed E-state index contributed by atoms with van der Waals surface area (Å²) < 4.78 is 16.9. The van der Waals surface area contributed by atoms with Gasteiger partial charge in [-0.25, -0.2) is 4.98 Å². The average Bonchev–Trinajstić information content (AvgIpc) is 2.99. The van der Waals surface area contributed by atoms with E-state index in [0.717, 1.165) is 12.1 Å². The number of hydrogen-bond donors (Lipinski definition) is 0. The minimum absolute atomic E-state index is 0.102. The van der Waals surface area contributed by atoms with E-state index in [9.17, 15) is 4.79 Å². The molecule has 0 bridgehead atoms. The summed E-state index contributed by atoms with van der Waals surface area (Å²) in [6.45, 7) is 1.17. The molecule has 0 saturated heterocycles. The standard InChI is InChI=1S/C22H21ClN2O4/c1-25(2)7-8-29-22-20-13-6-5-12(23)9-14(13)21(26)19(20)15-10-17(27-3)18(28-4)11-16(15)24-22/h5-6,9-11H,7-8H2,1-4H3. The van der Waals surface area contributed by atoms with Crippen molar-refractivity contribution in [3.05, 3.63) is 46.5 Å². The molecule has 1 aromatic heterocycles. The van der Waals surface area contributed by atoms with E-state index in [4.69, 9.17) is 30.8 Å². The van der Waals surface area contributed by atoms with Crippen molar-refractivity contribution in [1.82, 2.24) is 9.88 Å². The molecule has 3 aromatic rings. The average molecular weight is 413 g/mol. The van der Waals surface area contributed by atoms with Gasteiger partial charge in [0.1, 0.15) is 6.61 Å². The van der Waals surface area contributed by atoms with Gasteiger partial charge in [0.2, 0.25) is 5.88 Å². The van der Waals surface area contributed by atoms with Gasteiger partial charge in [-0.1, -0.05) is 17.7 Å². The minimum Gasteiger partial charge on any atom is -0.493 e. The number of rotatable bonds is 6. The van der Waals surface area contributed by atoms with Gasteiger partial charge in [-0.3, -0.25) is 4.79 Å². The molecule has 0 aliphatic heterocycles. The van der Waals surface area contributed by atoms with Crippen molar-refractivity contribution in [2.75, 3.05) is 41.5 Å². The second-order valence-electron chi connectivity index (χ2n) is 7.06. The van der Waals surface area contributed by atoms with E-state index < -0.39 is 0 Å². The van der Waals surface area contributed by atoms with Crippen molar-refractivity contribution in [3.8, 4) is 28.5 Å². The molecule has 1 heterocycles. The molecule has 0 N–H and O–H groups in total. The molecule has 0 fully saturated rings. The molecule has 0 radical (unpaired) electrons. The van der Waals surface area contributed by atoms with Gasteiger partial charge in [-0.05, 0) is 37.9 Å². The molecule has 4 rings (SSSR count). The van der Waals surface area contributed by atoms with Crippen LogP contribution in [-0.4, -0.2) is 57.1 Å². The highest BCUT2D eigenvalue weighted by Gasteiger charge is 2.33. The number of nitrogens with zero attached hydrogens (tertiary/aromatic N) is 2. The van der Waals surface area contributed by atoms with E-state index >= 15 is 0 Å². The highest BCUT2D eigenvalue weighted by Crippen LogP contribution is 2.47. The lowest BCUT2D eigenvalue weighted by molar-refractivity contribution is 0.104. The first kappa shape index (κ1) is 19.5. The summed E-state index contributed by atoms with van der Waals surface area (Å²) in [5.74, 6) is 1.40. The van der Waals surface area contributed by atoms with E-state index in [1.165, 1.54) is 0 Å². The summed E-state index contributed by atoms with van der Waals surface area (Å²) >= 11 is 6.15. The summed E-state index contributed by atoms with van der Waals surface area (Å²) in [6.07, 6.45) is 0. The zero-order chi connectivity index (χ0) is 20.7. The molecular formula is C22H21ClN2O4. The summed E-state index contributed by atoms with van der Waals surface area (Å²) in [5, 5.41) is 1.20. The summed E-state index contributed by atoms with van der Waals surface area (Å²) in [6, 6.07) is 8.85. The number of ether oxygens (including phenoxy) is 3. The molecule has 0 unspecified atom stereocenters. The van der Waals surface area contributed by atoms with Gasteiger partial charge in [-0.15, -0.1) is 0 Å². The maximum atomic E-state index is 13.3. The number of ketones is 1. The third-order valence-electron chi connectivity index (χ3n) is 4.96. The number of fused-ring (bicyclic) bond motifs is 5. The minimum atomic E-state index is -0.102. The molecular weight excluding hydrogens is 392 g/mol. The first-order valence-electron chi connectivity index (χ1n) is 9.16. The monoisotopic (exact) mass is 412 g/mol. The van der Waals surface area contributed by atoms with Gasteiger partial charge in [0, 0.05) is 34.1 Å². The van der Waals surface area contributed by atoms with Crippen LogP contribution in [0.4, 0.5) is 0 Å². The van der Waals surface area contributed by atoms with Crippen LogP contribution in [0, 0.1) is 0 Å². The van der Waals surface area contributed by atoms with Crippen LogP contribution in [-0.2, 0) is 0 Å². The lowest BCUT2D eigenvalue weighted by Gasteiger charge is -2.16. The molecule has 0 spiro atoms. The molecule has 29 heavy (non-hydrogen) atoms. The smallest absolute Gasteiger partial charge is 0.222 e. The number of aromatic nitrogens is 1. The Labute approximate surface area is 174 Å². The Morgan fingerprint density at radius 1 is 1.00 bits per heavy atom. The molecule has 6 nitrogen and oxygen atoms in total. The van der Waals surface area contributed by atoms with Crippen LogP contribution in [0.3, 0.4) is 0 Å². The maximum Gasteiger partial charge on any atom is 0.222 e. The van der Waals surface area contributed by atoms with Gasteiger partial charge < -0.3 is 19.1 Å². The van der Waals surface area contributed by atoms with Crippen molar-refractivity contribution < 1.29 is 19.0 Å². The fraction of sp³-hybridized carbons (Fsp3) is 0.273. The van der Waals surface area contributed by atoms with Crippen LogP contribution < -0.4 is 14.2 Å². The van der Waals surface area contributed by atoms with Crippen LogP contribution in [0.1, 0.15) is 15.9 Å². The number of carbonyl (C=O) groups excluding carboxylic acids is 1. The topological polar surface area (TPSA) is 60.9 Å². The Hall–Kier alpha value is -2.83. The first-order chi connectivity index (χ1) is 13.9. The van der Waals surface area contributed by atoms with Crippen molar-refractivity contribution >= 4 is 28.3 Å². The van der Waals surface area contributed by atoms with E-state index in [2.05, 4.69) is 0 Å². The number of halogens is 1. The highest BCUT2D eigenvalue weighted by atomic mass is 35.5. The molecule has 1 aliphatic carbocycles. The fourth-order valence-corrected chi connectivity index (χ4v) is 3.71. The SMILES string of the molecule is COc1cc2nc(OCCN(C)C)c3c(c2cc1OC)C(=O)c1cc(Cl)ccc1-3. The van der Waals surface area contributed by atoms with Crippen LogP contribution in [0.5, 0.6) is 17.4 Å². The molecule has 2 aromatic carbocycles. The number of carbonyl (C=O) groups is 1. The number of methoxy groups -OCH3 is 2. The summed E-state index contributed by atoms with van der Waals surface area (Å²) in [5.41, 5.74) is 3.18. The molecule has 0 atom stereocenters.